The molecule has 3 rings (SSSR count). The lowest BCUT2D eigenvalue weighted by Gasteiger charge is -2.29. The maximum Gasteiger partial charge on any atom is 0.317 e. The molecule has 0 unspecified atom stereocenters. The van der Waals surface area contributed by atoms with Gasteiger partial charge in [-0.15, -0.1) is 0 Å². The van der Waals surface area contributed by atoms with Gasteiger partial charge in [0.25, 0.3) is 0 Å². The monoisotopic (exact) mass is 338 g/mol. The Hall–Kier alpha value is -1.30. The molecule has 0 aliphatic carbocycles. The number of benzene rings is 1. The molecule has 1 saturated heterocycles. The van der Waals surface area contributed by atoms with E-state index in [0.717, 1.165) is 37.4 Å². The Kier molecular flexibility index (Phi) is 5.75. The Morgan fingerprint density at radius 2 is 2.35 bits per heavy atom. The average molecular weight is 339 g/mol. The molecule has 2 aliphatic heterocycles. The van der Waals surface area contributed by atoms with Gasteiger partial charge in [-0.1, -0.05) is 17.7 Å². The summed E-state index contributed by atoms with van der Waals surface area (Å²) in [5, 5.41) is 3.73. The van der Waals surface area contributed by atoms with Crippen LogP contribution in [0.2, 0.25) is 5.02 Å². The number of hydrogen-bond donors (Lipinski definition) is 1. The zero-order valence-electron chi connectivity index (χ0n) is 13.2. The third-order valence-electron chi connectivity index (χ3n) is 4.31. The largest absolute Gasteiger partial charge is 0.379 e. The van der Waals surface area contributed by atoms with Gasteiger partial charge in [-0.25, -0.2) is 4.79 Å². The van der Waals surface area contributed by atoms with E-state index in [1.807, 2.05) is 23.1 Å². The Morgan fingerprint density at radius 1 is 1.43 bits per heavy atom. The van der Waals surface area contributed by atoms with Crippen molar-refractivity contribution in [1.82, 2.24) is 10.2 Å². The van der Waals surface area contributed by atoms with Gasteiger partial charge in [-0.05, 0) is 42.5 Å². The molecule has 2 heterocycles. The third kappa shape index (κ3) is 4.59. The number of urea groups is 1. The summed E-state index contributed by atoms with van der Waals surface area (Å²) in [6.07, 6.45) is 2.89. The minimum atomic E-state index is -0.00482. The zero-order chi connectivity index (χ0) is 16.1. The number of ether oxygens (including phenoxy) is 2. The summed E-state index contributed by atoms with van der Waals surface area (Å²) < 4.78 is 10.9. The fourth-order valence-corrected chi connectivity index (χ4v) is 3.16. The van der Waals surface area contributed by atoms with Crippen LogP contribution in [0.1, 0.15) is 24.0 Å². The van der Waals surface area contributed by atoms with E-state index in [1.54, 1.807) is 0 Å². The van der Waals surface area contributed by atoms with Crippen molar-refractivity contribution in [3.63, 3.8) is 0 Å². The lowest BCUT2D eigenvalue weighted by molar-refractivity contribution is 0.0417. The Bertz CT molecular complexity index is 547. The number of halogens is 1. The van der Waals surface area contributed by atoms with Crippen molar-refractivity contribution in [2.24, 2.45) is 0 Å². The highest BCUT2D eigenvalue weighted by atomic mass is 35.5. The molecular weight excluding hydrogens is 316 g/mol. The van der Waals surface area contributed by atoms with E-state index in [-0.39, 0.29) is 12.1 Å². The minimum Gasteiger partial charge on any atom is -0.379 e. The number of hydrogen-bond acceptors (Lipinski definition) is 3. The number of carbonyl (C=O) groups excluding carboxylic acids is 1. The molecule has 23 heavy (non-hydrogen) atoms. The van der Waals surface area contributed by atoms with Crippen molar-refractivity contribution >= 4 is 17.6 Å². The number of nitrogens with zero attached hydrogens (tertiary/aromatic N) is 1. The second kappa shape index (κ2) is 7.99. The Balaban J connectivity index is 1.36. The van der Waals surface area contributed by atoms with Crippen LogP contribution < -0.4 is 5.32 Å². The molecule has 0 bridgehead atoms. The van der Waals surface area contributed by atoms with Crippen molar-refractivity contribution in [1.29, 1.82) is 0 Å². The van der Waals surface area contributed by atoms with E-state index in [9.17, 15) is 4.79 Å². The number of carbonyl (C=O) groups is 1. The molecule has 1 fully saturated rings. The highest BCUT2D eigenvalue weighted by Gasteiger charge is 2.20. The van der Waals surface area contributed by atoms with Gasteiger partial charge in [0.2, 0.25) is 0 Å². The molecule has 0 radical (unpaired) electrons. The number of fused-ring (bicyclic) bond motifs is 1. The molecule has 6 heteroatoms. The molecule has 0 aromatic heterocycles. The molecule has 0 spiro atoms. The first kappa shape index (κ1) is 16.6. The van der Waals surface area contributed by atoms with Crippen LogP contribution in [0.3, 0.4) is 0 Å². The van der Waals surface area contributed by atoms with Crippen LogP contribution in [-0.4, -0.2) is 49.9 Å². The molecular formula is C17H23ClN2O3. The van der Waals surface area contributed by atoms with Crippen molar-refractivity contribution in [3.05, 3.63) is 34.3 Å². The summed E-state index contributed by atoms with van der Waals surface area (Å²) in [5.74, 6) is 0. The molecule has 1 aromatic rings. The van der Waals surface area contributed by atoms with Crippen molar-refractivity contribution in [2.45, 2.75) is 31.9 Å². The summed E-state index contributed by atoms with van der Waals surface area (Å²) in [7, 11) is 0. The van der Waals surface area contributed by atoms with Crippen molar-refractivity contribution in [2.75, 3.05) is 32.9 Å². The zero-order valence-corrected chi connectivity index (χ0v) is 14.0. The minimum absolute atomic E-state index is 0.00482. The van der Waals surface area contributed by atoms with Gasteiger partial charge in [0.05, 0.1) is 12.7 Å². The SMILES string of the molecule is O=C(NCCCO[C@@H]1CCOC1)N1CCc2cc(Cl)ccc2C1. The predicted molar refractivity (Wildman–Crippen MR) is 88.8 cm³/mol. The molecule has 5 nitrogen and oxygen atoms in total. The van der Waals surface area contributed by atoms with Crippen molar-refractivity contribution in [3.8, 4) is 0 Å². The van der Waals surface area contributed by atoms with Crippen LogP contribution in [-0.2, 0) is 22.4 Å². The smallest absolute Gasteiger partial charge is 0.317 e. The fraction of sp³-hybridized carbons (Fsp3) is 0.588. The summed E-state index contributed by atoms with van der Waals surface area (Å²) >= 11 is 6.01. The second-order valence-corrected chi connectivity index (χ2v) is 6.46. The van der Waals surface area contributed by atoms with Gasteiger partial charge in [0.1, 0.15) is 0 Å². The van der Waals surface area contributed by atoms with E-state index in [1.165, 1.54) is 11.1 Å². The van der Waals surface area contributed by atoms with Crippen LogP contribution in [0.4, 0.5) is 4.79 Å². The van der Waals surface area contributed by atoms with Crippen LogP contribution in [0.15, 0.2) is 18.2 Å². The van der Waals surface area contributed by atoms with E-state index in [0.29, 0.717) is 26.3 Å². The molecule has 126 valence electrons. The second-order valence-electron chi connectivity index (χ2n) is 6.03. The van der Waals surface area contributed by atoms with Crippen LogP contribution >= 0.6 is 11.6 Å². The lowest BCUT2D eigenvalue weighted by atomic mass is 10.0. The summed E-state index contributed by atoms with van der Waals surface area (Å²) in [4.78, 5) is 14.1. The standard InChI is InChI=1S/C17H23ClN2O3/c18-15-3-2-14-11-20(7-4-13(14)10-15)17(21)19-6-1-8-23-16-5-9-22-12-16/h2-3,10,16H,1,4-9,11-12H2,(H,19,21)/t16-/m1/s1. The Morgan fingerprint density at radius 3 is 3.17 bits per heavy atom. The van der Waals surface area contributed by atoms with Gasteiger partial charge < -0.3 is 19.7 Å². The van der Waals surface area contributed by atoms with E-state index in [2.05, 4.69) is 5.32 Å². The fourth-order valence-electron chi connectivity index (χ4n) is 2.97. The average Bonchev–Trinajstić information content (AvgIpc) is 3.07. The van der Waals surface area contributed by atoms with Crippen LogP contribution in [0, 0.1) is 0 Å². The maximum atomic E-state index is 12.2. The van der Waals surface area contributed by atoms with Gasteiger partial charge >= 0.3 is 6.03 Å². The summed E-state index contributed by atoms with van der Waals surface area (Å²) in [6, 6.07) is 5.88. The van der Waals surface area contributed by atoms with E-state index in [4.69, 9.17) is 21.1 Å². The highest BCUT2D eigenvalue weighted by molar-refractivity contribution is 6.30. The first-order chi connectivity index (χ1) is 11.2. The molecule has 1 aromatic carbocycles. The maximum absolute atomic E-state index is 12.2. The summed E-state index contributed by atoms with van der Waals surface area (Å²) in [5.41, 5.74) is 2.43. The van der Waals surface area contributed by atoms with Crippen LogP contribution in [0.25, 0.3) is 0 Å². The van der Waals surface area contributed by atoms with E-state index >= 15 is 0 Å². The topological polar surface area (TPSA) is 50.8 Å². The number of rotatable bonds is 5. The number of nitrogens with one attached hydrogen (secondary N) is 1. The molecule has 1 N–H and O–H groups in total. The van der Waals surface area contributed by atoms with E-state index < -0.39 is 0 Å². The normalized spacial score (nSPS) is 20.4. The Labute approximate surface area is 141 Å². The predicted octanol–water partition coefficient (Wildman–Crippen LogP) is 2.60. The molecule has 2 aliphatic rings. The van der Waals surface area contributed by atoms with Gasteiger partial charge in [0, 0.05) is 37.9 Å². The quantitative estimate of drug-likeness (QED) is 0.840. The third-order valence-corrected chi connectivity index (χ3v) is 4.54. The van der Waals surface area contributed by atoms with Crippen molar-refractivity contribution < 1.29 is 14.3 Å². The number of amides is 2. The molecule has 2 amide bonds. The first-order valence-corrected chi connectivity index (χ1v) is 8.59. The lowest BCUT2D eigenvalue weighted by Crippen LogP contribution is -2.43. The summed E-state index contributed by atoms with van der Waals surface area (Å²) in [6.45, 7) is 4.17. The van der Waals surface area contributed by atoms with Crippen LogP contribution in [0.5, 0.6) is 0 Å². The molecule has 1 atom stereocenters. The first-order valence-electron chi connectivity index (χ1n) is 8.22. The molecule has 0 saturated carbocycles. The highest BCUT2D eigenvalue weighted by Crippen LogP contribution is 2.22. The van der Waals surface area contributed by atoms with Gasteiger partial charge in [0.15, 0.2) is 0 Å². The van der Waals surface area contributed by atoms with Gasteiger partial charge in [-0.3, -0.25) is 0 Å². The van der Waals surface area contributed by atoms with Gasteiger partial charge in [-0.2, -0.15) is 0 Å².